The van der Waals surface area contributed by atoms with Crippen LogP contribution in [0.1, 0.15) is 40.7 Å². The number of thiophene rings is 1. The lowest BCUT2D eigenvalue weighted by atomic mass is 9.58. The van der Waals surface area contributed by atoms with Gasteiger partial charge >= 0.3 is 0 Å². The highest BCUT2D eigenvalue weighted by Crippen LogP contribution is 2.51. The standard InChI is InChI=1S/C16H23NO3S/c1-3-20-14-10-13(18)16(14)6-8-17(9-7-16)15(19)12-5-4-11(2)21-12/h4-5,13-14,18H,3,6-10H2,1-2H3/t13-,14-/m0/s1. The van der Waals surface area contributed by atoms with E-state index in [0.717, 1.165) is 42.1 Å². The maximum Gasteiger partial charge on any atom is 0.263 e. The Morgan fingerprint density at radius 1 is 1.48 bits per heavy atom. The molecule has 1 N–H and O–H groups in total. The van der Waals surface area contributed by atoms with E-state index in [1.807, 2.05) is 30.9 Å². The highest BCUT2D eigenvalue weighted by Gasteiger charge is 2.56. The summed E-state index contributed by atoms with van der Waals surface area (Å²) in [6.07, 6.45) is 2.32. The molecule has 1 saturated carbocycles. The van der Waals surface area contributed by atoms with Crippen LogP contribution >= 0.6 is 11.3 Å². The summed E-state index contributed by atoms with van der Waals surface area (Å²) in [5.74, 6) is 0.129. The van der Waals surface area contributed by atoms with E-state index in [2.05, 4.69) is 0 Å². The first-order valence-corrected chi connectivity index (χ1v) is 8.54. The van der Waals surface area contributed by atoms with Crippen LogP contribution < -0.4 is 0 Å². The van der Waals surface area contributed by atoms with Gasteiger partial charge in [-0.05, 0) is 38.8 Å². The average molecular weight is 309 g/mol. The third-order valence-corrected chi connectivity index (χ3v) is 6.03. The zero-order valence-electron chi connectivity index (χ0n) is 12.7. The number of ether oxygens (including phenoxy) is 1. The van der Waals surface area contributed by atoms with E-state index >= 15 is 0 Å². The van der Waals surface area contributed by atoms with Crippen molar-refractivity contribution in [1.82, 2.24) is 4.90 Å². The third-order valence-electron chi connectivity index (χ3n) is 5.04. The smallest absolute Gasteiger partial charge is 0.263 e. The minimum atomic E-state index is -0.268. The maximum absolute atomic E-state index is 12.5. The predicted octanol–water partition coefficient (Wildman–Crippen LogP) is 2.45. The number of hydrogen-bond acceptors (Lipinski definition) is 4. The Hall–Kier alpha value is -0.910. The van der Waals surface area contributed by atoms with Crippen LogP contribution in [0, 0.1) is 12.3 Å². The molecular weight excluding hydrogens is 286 g/mol. The van der Waals surface area contributed by atoms with E-state index in [-0.39, 0.29) is 23.5 Å². The number of amides is 1. The van der Waals surface area contributed by atoms with Crippen molar-refractivity contribution in [1.29, 1.82) is 0 Å². The molecule has 2 atom stereocenters. The molecule has 0 radical (unpaired) electrons. The molecule has 3 rings (SSSR count). The molecule has 4 nitrogen and oxygen atoms in total. The van der Waals surface area contributed by atoms with E-state index < -0.39 is 0 Å². The van der Waals surface area contributed by atoms with Gasteiger partial charge in [-0.15, -0.1) is 11.3 Å². The first kappa shape index (κ1) is 15.0. The van der Waals surface area contributed by atoms with E-state index in [1.54, 1.807) is 11.3 Å². The highest BCUT2D eigenvalue weighted by molar-refractivity contribution is 7.13. The number of nitrogens with zero attached hydrogens (tertiary/aromatic N) is 1. The Morgan fingerprint density at radius 3 is 2.71 bits per heavy atom. The second-order valence-corrected chi connectivity index (χ2v) is 7.42. The van der Waals surface area contributed by atoms with Crippen molar-refractivity contribution in [3.63, 3.8) is 0 Å². The second kappa shape index (κ2) is 5.71. The lowest BCUT2D eigenvalue weighted by Crippen LogP contribution is -2.62. The molecule has 0 aromatic carbocycles. The van der Waals surface area contributed by atoms with Gasteiger partial charge in [-0.25, -0.2) is 0 Å². The summed E-state index contributed by atoms with van der Waals surface area (Å²) in [7, 11) is 0. The van der Waals surface area contributed by atoms with Crippen molar-refractivity contribution in [2.45, 2.75) is 45.3 Å². The van der Waals surface area contributed by atoms with Gasteiger partial charge in [-0.3, -0.25) is 4.79 Å². The Bertz CT molecular complexity index is 517. The van der Waals surface area contributed by atoms with Crippen molar-refractivity contribution in [3.05, 3.63) is 21.9 Å². The van der Waals surface area contributed by atoms with Gasteiger partial charge in [0.25, 0.3) is 5.91 Å². The number of likely N-dealkylation sites (tertiary alicyclic amines) is 1. The van der Waals surface area contributed by atoms with Crippen LogP contribution in [0.25, 0.3) is 0 Å². The Morgan fingerprint density at radius 2 is 2.19 bits per heavy atom. The Kier molecular flexibility index (Phi) is 4.08. The number of rotatable bonds is 3. The van der Waals surface area contributed by atoms with Crippen molar-refractivity contribution in [2.24, 2.45) is 5.41 Å². The number of aliphatic hydroxyl groups excluding tert-OH is 1. The molecule has 2 heterocycles. The van der Waals surface area contributed by atoms with Crippen LogP contribution in [0.4, 0.5) is 0 Å². The van der Waals surface area contributed by atoms with Crippen LogP contribution in [-0.2, 0) is 4.74 Å². The second-order valence-electron chi connectivity index (χ2n) is 6.13. The maximum atomic E-state index is 12.5. The summed E-state index contributed by atoms with van der Waals surface area (Å²) in [5, 5.41) is 10.2. The summed E-state index contributed by atoms with van der Waals surface area (Å²) in [5.41, 5.74) is -0.113. The van der Waals surface area contributed by atoms with Gasteiger partial charge in [0.1, 0.15) is 0 Å². The number of piperidine rings is 1. The zero-order valence-corrected chi connectivity index (χ0v) is 13.5. The number of carbonyl (C=O) groups excluding carboxylic acids is 1. The topological polar surface area (TPSA) is 49.8 Å². The molecule has 1 aliphatic carbocycles. The number of aryl methyl sites for hydroxylation is 1. The molecule has 0 bridgehead atoms. The highest BCUT2D eigenvalue weighted by atomic mass is 32.1. The SMILES string of the molecule is CCO[C@H]1C[C@H](O)C12CCN(C(=O)c1ccc(C)s1)CC2. The number of hydrogen-bond donors (Lipinski definition) is 1. The fraction of sp³-hybridized carbons (Fsp3) is 0.688. The van der Waals surface area contributed by atoms with Crippen molar-refractivity contribution in [3.8, 4) is 0 Å². The monoisotopic (exact) mass is 309 g/mol. The van der Waals surface area contributed by atoms with Crippen LogP contribution in [0.15, 0.2) is 12.1 Å². The molecule has 5 heteroatoms. The van der Waals surface area contributed by atoms with Gasteiger partial charge in [-0.2, -0.15) is 0 Å². The van der Waals surface area contributed by atoms with Crippen molar-refractivity contribution < 1.29 is 14.6 Å². The van der Waals surface area contributed by atoms with Gasteiger partial charge < -0.3 is 14.7 Å². The molecule has 116 valence electrons. The van der Waals surface area contributed by atoms with E-state index in [0.29, 0.717) is 6.61 Å². The van der Waals surface area contributed by atoms with Gasteiger partial charge in [0.2, 0.25) is 0 Å². The van der Waals surface area contributed by atoms with Crippen molar-refractivity contribution >= 4 is 17.2 Å². The molecule has 1 spiro atoms. The quantitative estimate of drug-likeness (QED) is 0.933. The summed E-state index contributed by atoms with van der Waals surface area (Å²) in [4.78, 5) is 16.4. The average Bonchev–Trinajstić information content (AvgIpc) is 2.93. The van der Waals surface area contributed by atoms with Gasteiger partial charge in [0.05, 0.1) is 17.1 Å². The Balaban J connectivity index is 1.63. The molecule has 1 aliphatic heterocycles. The van der Waals surface area contributed by atoms with E-state index in [4.69, 9.17) is 4.74 Å². The molecule has 1 amide bonds. The van der Waals surface area contributed by atoms with Crippen LogP contribution in [0.3, 0.4) is 0 Å². The minimum Gasteiger partial charge on any atom is -0.392 e. The normalized spacial score (nSPS) is 27.7. The third kappa shape index (κ3) is 2.51. The van der Waals surface area contributed by atoms with E-state index in [1.165, 1.54) is 0 Å². The van der Waals surface area contributed by atoms with E-state index in [9.17, 15) is 9.90 Å². The fourth-order valence-electron chi connectivity index (χ4n) is 3.65. The molecule has 1 aromatic heterocycles. The predicted molar refractivity (Wildman–Crippen MR) is 82.7 cm³/mol. The van der Waals surface area contributed by atoms with Crippen LogP contribution in [-0.4, -0.2) is 47.8 Å². The largest absolute Gasteiger partial charge is 0.392 e. The first-order valence-electron chi connectivity index (χ1n) is 7.72. The molecule has 21 heavy (non-hydrogen) atoms. The first-order chi connectivity index (χ1) is 10.1. The minimum absolute atomic E-state index is 0.113. The Labute approximate surface area is 129 Å². The summed E-state index contributed by atoms with van der Waals surface area (Å²) in [6.45, 7) is 6.14. The van der Waals surface area contributed by atoms with Crippen molar-refractivity contribution in [2.75, 3.05) is 19.7 Å². The van der Waals surface area contributed by atoms with Crippen LogP contribution in [0.5, 0.6) is 0 Å². The molecule has 1 aromatic rings. The lowest BCUT2D eigenvalue weighted by Gasteiger charge is -2.56. The fourth-order valence-corrected chi connectivity index (χ4v) is 4.48. The van der Waals surface area contributed by atoms with Gasteiger partial charge in [0, 0.05) is 36.4 Å². The molecule has 0 unspecified atom stereocenters. The summed E-state index contributed by atoms with van der Waals surface area (Å²) in [6, 6.07) is 3.90. The molecule has 2 fully saturated rings. The molecule has 1 saturated heterocycles. The number of aliphatic hydroxyl groups is 1. The molecular formula is C16H23NO3S. The van der Waals surface area contributed by atoms with Gasteiger partial charge in [0.15, 0.2) is 0 Å². The summed E-state index contributed by atoms with van der Waals surface area (Å²) < 4.78 is 5.76. The lowest BCUT2D eigenvalue weighted by molar-refractivity contribution is -0.207. The summed E-state index contributed by atoms with van der Waals surface area (Å²) >= 11 is 1.55. The van der Waals surface area contributed by atoms with Gasteiger partial charge in [-0.1, -0.05) is 0 Å². The molecule has 2 aliphatic rings. The van der Waals surface area contributed by atoms with Crippen LogP contribution in [0.2, 0.25) is 0 Å². The number of carbonyl (C=O) groups is 1. The zero-order chi connectivity index (χ0) is 15.0.